The van der Waals surface area contributed by atoms with Gasteiger partial charge in [-0.1, -0.05) is 13.8 Å². The first-order valence-corrected chi connectivity index (χ1v) is 9.54. The molecule has 3 rings (SSSR count). The fourth-order valence-electron chi connectivity index (χ4n) is 3.56. The topological polar surface area (TPSA) is 75.3 Å². The highest BCUT2D eigenvalue weighted by molar-refractivity contribution is 5.92. The van der Waals surface area contributed by atoms with E-state index in [4.69, 9.17) is 4.42 Å². The summed E-state index contributed by atoms with van der Waals surface area (Å²) in [5.74, 6) is 0.726. The van der Waals surface area contributed by atoms with Crippen molar-refractivity contribution >= 4 is 5.91 Å². The number of carbonyl (C=O) groups excluding carboxylic acids is 1. The summed E-state index contributed by atoms with van der Waals surface area (Å²) in [5, 5.41) is 10.9. The molecule has 0 radical (unpaired) electrons. The predicted octanol–water partition coefficient (Wildman–Crippen LogP) is 2.21. The molecule has 0 aromatic carbocycles. The third-order valence-corrected chi connectivity index (χ3v) is 5.07. The Morgan fingerprint density at radius 3 is 2.96 bits per heavy atom. The average molecular weight is 359 g/mol. The number of nitrogens with zero attached hydrogens (tertiary/aromatic N) is 3. The Morgan fingerprint density at radius 1 is 1.46 bits per heavy atom. The SMILES string of the molecule is CCN(CC)C(CNC(=O)c1ccn(C2CCCNC2)n1)c1ccco1. The summed E-state index contributed by atoms with van der Waals surface area (Å²) < 4.78 is 7.49. The Balaban J connectivity index is 1.62. The zero-order chi connectivity index (χ0) is 18.4. The number of furan rings is 1. The van der Waals surface area contributed by atoms with Gasteiger partial charge >= 0.3 is 0 Å². The second-order valence-electron chi connectivity index (χ2n) is 6.64. The molecule has 0 spiro atoms. The summed E-state index contributed by atoms with van der Waals surface area (Å²) in [6, 6.07) is 5.99. The molecule has 1 aliphatic rings. The van der Waals surface area contributed by atoms with Gasteiger partial charge in [0.25, 0.3) is 5.91 Å². The van der Waals surface area contributed by atoms with Gasteiger partial charge in [0.05, 0.1) is 18.3 Å². The fraction of sp³-hybridized carbons (Fsp3) is 0.579. The van der Waals surface area contributed by atoms with Crippen molar-refractivity contribution in [3.05, 3.63) is 42.1 Å². The van der Waals surface area contributed by atoms with Crippen molar-refractivity contribution in [2.75, 3.05) is 32.7 Å². The van der Waals surface area contributed by atoms with Gasteiger partial charge in [-0.15, -0.1) is 0 Å². The first kappa shape index (κ1) is 18.7. The molecule has 0 aliphatic carbocycles. The Morgan fingerprint density at radius 2 is 2.31 bits per heavy atom. The number of piperidine rings is 1. The summed E-state index contributed by atoms with van der Waals surface area (Å²) >= 11 is 0. The Hall–Kier alpha value is -2.12. The summed E-state index contributed by atoms with van der Waals surface area (Å²) in [4.78, 5) is 14.8. The smallest absolute Gasteiger partial charge is 0.271 e. The Labute approximate surface area is 154 Å². The first-order valence-electron chi connectivity index (χ1n) is 9.54. The lowest BCUT2D eigenvalue weighted by atomic mass is 10.1. The number of hydrogen-bond donors (Lipinski definition) is 2. The minimum absolute atomic E-state index is 0.0218. The molecule has 2 aromatic heterocycles. The van der Waals surface area contributed by atoms with E-state index in [2.05, 4.69) is 34.5 Å². The molecule has 26 heavy (non-hydrogen) atoms. The summed E-state index contributed by atoms with van der Waals surface area (Å²) in [7, 11) is 0. The van der Waals surface area contributed by atoms with E-state index in [9.17, 15) is 4.79 Å². The number of amides is 1. The maximum atomic E-state index is 12.6. The largest absolute Gasteiger partial charge is 0.468 e. The molecule has 1 amide bonds. The maximum absolute atomic E-state index is 12.6. The molecule has 1 fully saturated rings. The van der Waals surface area contributed by atoms with Crippen LogP contribution in [0, 0.1) is 0 Å². The molecular formula is C19H29N5O2. The van der Waals surface area contributed by atoms with Crippen molar-refractivity contribution in [2.24, 2.45) is 0 Å². The zero-order valence-electron chi connectivity index (χ0n) is 15.6. The quantitative estimate of drug-likeness (QED) is 0.756. The molecule has 1 saturated heterocycles. The maximum Gasteiger partial charge on any atom is 0.271 e. The van der Waals surface area contributed by atoms with Crippen molar-refractivity contribution in [1.29, 1.82) is 0 Å². The van der Waals surface area contributed by atoms with E-state index in [0.717, 1.165) is 44.8 Å². The lowest BCUT2D eigenvalue weighted by Crippen LogP contribution is -2.38. The van der Waals surface area contributed by atoms with Gasteiger partial charge in [0, 0.05) is 19.3 Å². The van der Waals surface area contributed by atoms with Crippen LogP contribution in [0.5, 0.6) is 0 Å². The first-order chi connectivity index (χ1) is 12.7. The van der Waals surface area contributed by atoms with E-state index in [0.29, 0.717) is 18.3 Å². The van der Waals surface area contributed by atoms with Crippen molar-refractivity contribution < 1.29 is 9.21 Å². The number of carbonyl (C=O) groups is 1. The number of likely N-dealkylation sites (N-methyl/N-ethyl adjacent to an activating group) is 1. The second kappa shape index (κ2) is 9.00. The van der Waals surface area contributed by atoms with Crippen LogP contribution in [0.15, 0.2) is 35.1 Å². The minimum atomic E-state index is -0.142. The number of aromatic nitrogens is 2. The minimum Gasteiger partial charge on any atom is -0.468 e. The van der Waals surface area contributed by atoms with Crippen LogP contribution in [0.25, 0.3) is 0 Å². The average Bonchev–Trinajstić information content (AvgIpc) is 3.37. The highest BCUT2D eigenvalue weighted by atomic mass is 16.3. The van der Waals surface area contributed by atoms with Crippen LogP contribution in [-0.2, 0) is 0 Å². The van der Waals surface area contributed by atoms with Gasteiger partial charge in [0.15, 0.2) is 0 Å². The van der Waals surface area contributed by atoms with E-state index >= 15 is 0 Å². The van der Waals surface area contributed by atoms with Crippen LogP contribution in [0.3, 0.4) is 0 Å². The van der Waals surface area contributed by atoms with Gasteiger partial charge in [0.1, 0.15) is 11.5 Å². The van der Waals surface area contributed by atoms with E-state index < -0.39 is 0 Å². The zero-order valence-corrected chi connectivity index (χ0v) is 15.6. The molecular weight excluding hydrogens is 330 g/mol. The van der Waals surface area contributed by atoms with Crippen molar-refractivity contribution in [3.8, 4) is 0 Å². The standard InChI is InChI=1S/C19H29N5O2/c1-3-23(4-2)17(18-8-6-12-26-18)14-21-19(25)16-9-11-24(22-16)15-7-5-10-20-13-15/h6,8-9,11-12,15,17,20H,3-5,7,10,13-14H2,1-2H3,(H,21,25). The molecule has 2 N–H and O–H groups in total. The molecule has 142 valence electrons. The van der Waals surface area contributed by atoms with Crippen molar-refractivity contribution in [3.63, 3.8) is 0 Å². The lowest BCUT2D eigenvalue weighted by molar-refractivity contribution is 0.0923. The van der Waals surface area contributed by atoms with E-state index in [1.807, 2.05) is 23.0 Å². The molecule has 7 heteroatoms. The van der Waals surface area contributed by atoms with Gasteiger partial charge in [-0.25, -0.2) is 0 Å². The van der Waals surface area contributed by atoms with Crippen LogP contribution in [0.2, 0.25) is 0 Å². The highest BCUT2D eigenvalue weighted by Crippen LogP contribution is 2.20. The molecule has 0 bridgehead atoms. The number of hydrogen-bond acceptors (Lipinski definition) is 5. The van der Waals surface area contributed by atoms with Crippen LogP contribution < -0.4 is 10.6 Å². The third-order valence-electron chi connectivity index (χ3n) is 5.07. The number of rotatable bonds is 8. The second-order valence-corrected chi connectivity index (χ2v) is 6.64. The van der Waals surface area contributed by atoms with Gasteiger partial charge in [0.2, 0.25) is 0 Å². The van der Waals surface area contributed by atoms with E-state index in [-0.39, 0.29) is 11.9 Å². The van der Waals surface area contributed by atoms with Gasteiger partial charge in [-0.2, -0.15) is 5.10 Å². The van der Waals surface area contributed by atoms with Crippen LogP contribution in [0.1, 0.15) is 55.0 Å². The predicted molar refractivity (Wildman–Crippen MR) is 100 cm³/mol. The third kappa shape index (κ3) is 4.34. The monoisotopic (exact) mass is 359 g/mol. The van der Waals surface area contributed by atoms with Crippen LogP contribution >= 0.6 is 0 Å². The van der Waals surface area contributed by atoms with E-state index in [1.54, 1.807) is 12.3 Å². The van der Waals surface area contributed by atoms with Crippen molar-refractivity contribution in [1.82, 2.24) is 25.3 Å². The molecule has 0 saturated carbocycles. The molecule has 1 aliphatic heterocycles. The van der Waals surface area contributed by atoms with E-state index in [1.165, 1.54) is 0 Å². The Kier molecular flexibility index (Phi) is 6.46. The molecule has 2 unspecified atom stereocenters. The molecule has 7 nitrogen and oxygen atoms in total. The summed E-state index contributed by atoms with van der Waals surface area (Å²) in [6.45, 7) is 8.46. The van der Waals surface area contributed by atoms with Crippen LogP contribution in [0.4, 0.5) is 0 Å². The van der Waals surface area contributed by atoms with Gasteiger partial charge in [-0.05, 0) is 50.7 Å². The van der Waals surface area contributed by atoms with Gasteiger partial charge < -0.3 is 15.1 Å². The number of nitrogens with one attached hydrogen (secondary N) is 2. The molecule has 3 heterocycles. The molecule has 2 aromatic rings. The lowest BCUT2D eigenvalue weighted by Gasteiger charge is -2.28. The Bertz CT molecular complexity index is 672. The van der Waals surface area contributed by atoms with Crippen LogP contribution in [-0.4, -0.2) is 53.3 Å². The summed E-state index contributed by atoms with van der Waals surface area (Å²) in [6.07, 6.45) is 5.81. The normalized spacial score (nSPS) is 18.8. The van der Waals surface area contributed by atoms with Gasteiger partial charge in [-0.3, -0.25) is 14.4 Å². The highest BCUT2D eigenvalue weighted by Gasteiger charge is 2.23. The fourth-order valence-corrected chi connectivity index (χ4v) is 3.56. The summed E-state index contributed by atoms with van der Waals surface area (Å²) in [5.41, 5.74) is 0.466. The molecule has 2 atom stereocenters. The van der Waals surface area contributed by atoms with Crippen molar-refractivity contribution in [2.45, 2.75) is 38.8 Å².